The summed E-state index contributed by atoms with van der Waals surface area (Å²) in [6, 6.07) is 4.06. The highest BCUT2D eigenvalue weighted by atomic mass is 16.5. The molecule has 5 heteroatoms. The molecule has 0 saturated carbocycles. The van der Waals surface area contributed by atoms with Crippen molar-refractivity contribution in [2.24, 2.45) is 5.73 Å². The van der Waals surface area contributed by atoms with Gasteiger partial charge in [0.15, 0.2) is 0 Å². The normalized spacial score (nSPS) is 12.3. The molecule has 1 heterocycles. The van der Waals surface area contributed by atoms with Gasteiger partial charge in [0, 0.05) is 38.5 Å². The molecule has 5 nitrogen and oxygen atoms in total. The average Bonchev–Trinajstić information content (AvgIpc) is 2.48. The predicted molar refractivity (Wildman–Crippen MR) is 79.0 cm³/mol. The molecule has 1 rings (SSSR count). The minimum absolute atomic E-state index is 0.176. The van der Waals surface area contributed by atoms with E-state index in [0.29, 0.717) is 19.8 Å². The van der Waals surface area contributed by atoms with Gasteiger partial charge in [-0.15, -0.1) is 0 Å². The molecule has 0 aliphatic rings. The van der Waals surface area contributed by atoms with E-state index in [1.165, 1.54) is 0 Å². The number of hydrogen-bond acceptors (Lipinski definition) is 5. The number of nitrogens with zero attached hydrogens (tertiary/aromatic N) is 1. The Morgan fingerprint density at radius 2 is 2.05 bits per heavy atom. The van der Waals surface area contributed by atoms with Crippen LogP contribution >= 0.6 is 0 Å². The maximum Gasteiger partial charge on any atom is 0.137 e. The summed E-state index contributed by atoms with van der Waals surface area (Å²) >= 11 is 0. The lowest BCUT2D eigenvalue weighted by molar-refractivity contribution is 0.0805. The third-order valence-corrected chi connectivity index (χ3v) is 2.93. The first kappa shape index (κ1) is 16.9. The molecule has 0 aromatic carbocycles. The summed E-state index contributed by atoms with van der Waals surface area (Å²) in [6.07, 6.45) is 4.41. The highest BCUT2D eigenvalue weighted by Gasteiger charge is 2.03. The van der Waals surface area contributed by atoms with E-state index >= 15 is 0 Å². The third kappa shape index (κ3) is 7.43. The van der Waals surface area contributed by atoms with E-state index in [1.54, 1.807) is 13.3 Å². The molecule has 1 aromatic rings. The highest BCUT2D eigenvalue weighted by molar-refractivity contribution is 5.20. The lowest BCUT2D eigenvalue weighted by Crippen LogP contribution is -2.21. The summed E-state index contributed by atoms with van der Waals surface area (Å²) in [5.74, 6) is 0.763. The summed E-state index contributed by atoms with van der Waals surface area (Å²) in [5, 5.41) is 0. The van der Waals surface area contributed by atoms with Crippen LogP contribution in [-0.4, -0.2) is 44.6 Å². The number of aromatic nitrogens is 1. The van der Waals surface area contributed by atoms with Gasteiger partial charge in [0.1, 0.15) is 12.4 Å². The molecular weight excluding hydrogens is 256 g/mol. The quantitative estimate of drug-likeness (QED) is 0.627. The number of nitrogens with two attached hydrogens (primary N) is 1. The van der Waals surface area contributed by atoms with Crippen LogP contribution < -0.4 is 10.5 Å². The zero-order valence-electron chi connectivity index (χ0n) is 12.5. The van der Waals surface area contributed by atoms with Crippen LogP contribution in [0.15, 0.2) is 18.3 Å². The smallest absolute Gasteiger partial charge is 0.137 e. The second-order valence-corrected chi connectivity index (χ2v) is 4.66. The van der Waals surface area contributed by atoms with Crippen molar-refractivity contribution in [1.82, 2.24) is 4.98 Å². The zero-order chi connectivity index (χ0) is 14.6. The third-order valence-electron chi connectivity index (χ3n) is 2.93. The van der Waals surface area contributed by atoms with Gasteiger partial charge >= 0.3 is 0 Å². The molecule has 0 radical (unpaired) electrons. The van der Waals surface area contributed by atoms with Crippen molar-refractivity contribution < 1.29 is 14.2 Å². The Balaban J connectivity index is 2.15. The van der Waals surface area contributed by atoms with E-state index < -0.39 is 0 Å². The van der Waals surface area contributed by atoms with E-state index in [0.717, 1.165) is 37.3 Å². The van der Waals surface area contributed by atoms with Crippen molar-refractivity contribution in [1.29, 1.82) is 0 Å². The Labute approximate surface area is 121 Å². The van der Waals surface area contributed by atoms with E-state index in [-0.39, 0.29) is 6.04 Å². The average molecular weight is 282 g/mol. The van der Waals surface area contributed by atoms with Crippen molar-refractivity contribution in [2.45, 2.75) is 32.2 Å². The molecule has 2 N–H and O–H groups in total. The van der Waals surface area contributed by atoms with Crippen molar-refractivity contribution in [3.63, 3.8) is 0 Å². The van der Waals surface area contributed by atoms with Gasteiger partial charge in [0.2, 0.25) is 0 Å². The Hall–Kier alpha value is -1.17. The Kier molecular flexibility index (Phi) is 8.95. The fourth-order valence-corrected chi connectivity index (χ4v) is 1.66. The van der Waals surface area contributed by atoms with Gasteiger partial charge in [-0.1, -0.05) is 6.92 Å². The van der Waals surface area contributed by atoms with Gasteiger partial charge in [-0.2, -0.15) is 0 Å². The summed E-state index contributed by atoms with van der Waals surface area (Å²) in [6.45, 7) is 4.61. The van der Waals surface area contributed by atoms with Crippen molar-refractivity contribution >= 4 is 0 Å². The van der Waals surface area contributed by atoms with Crippen LogP contribution in [0.1, 0.15) is 25.5 Å². The number of methoxy groups -OCH3 is 1. The van der Waals surface area contributed by atoms with E-state index in [2.05, 4.69) is 11.9 Å². The standard InChI is InChI=1S/C15H26N2O3/c1-3-13(16)11-14-5-6-15(12-17-14)20-10-9-19-8-4-7-18-2/h5-6,12-13H,3-4,7-11,16H2,1-2H3. The van der Waals surface area contributed by atoms with Gasteiger partial charge in [0.25, 0.3) is 0 Å². The molecule has 1 aromatic heterocycles. The van der Waals surface area contributed by atoms with Crippen LogP contribution in [0.4, 0.5) is 0 Å². The van der Waals surface area contributed by atoms with Crippen LogP contribution in [-0.2, 0) is 15.9 Å². The zero-order valence-corrected chi connectivity index (χ0v) is 12.5. The fourth-order valence-electron chi connectivity index (χ4n) is 1.66. The first-order valence-corrected chi connectivity index (χ1v) is 7.16. The van der Waals surface area contributed by atoms with Crippen molar-refractivity contribution in [3.05, 3.63) is 24.0 Å². The Morgan fingerprint density at radius 3 is 2.70 bits per heavy atom. The molecule has 0 saturated heterocycles. The van der Waals surface area contributed by atoms with Crippen LogP contribution in [0.5, 0.6) is 5.75 Å². The van der Waals surface area contributed by atoms with Crippen LogP contribution in [0.3, 0.4) is 0 Å². The van der Waals surface area contributed by atoms with Gasteiger partial charge < -0.3 is 19.9 Å². The Morgan fingerprint density at radius 1 is 1.20 bits per heavy atom. The molecule has 1 atom stereocenters. The van der Waals surface area contributed by atoms with Gasteiger partial charge in [0.05, 0.1) is 12.8 Å². The predicted octanol–water partition coefficient (Wildman–Crippen LogP) is 1.79. The molecule has 20 heavy (non-hydrogen) atoms. The molecule has 0 amide bonds. The van der Waals surface area contributed by atoms with Gasteiger partial charge in [-0.25, -0.2) is 0 Å². The maximum atomic E-state index is 5.89. The van der Waals surface area contributed by atoms with E-state index in [9.17, 15) is 0 Å². The molecular formula is C15H26N2O3. The molecule has 114 valence electrons. The minimum Gasteiger partial charge on any atom is -0.490 e. The summed E-state index contributed by atoms with van der Waals surface area (Å²) < 4.78 is 15.9. The monoisotopic (exact) mass is 282 g/mol. The first-order valence-electron chi connectivity index (χ1n) is 7.16. The van der Waals surface area contributed by atoms with Gasteiger partial charge in [-0.3, -0.25) is 4.98 Å². The summed E-state index contributed by atoms with van der Waals surface area (Å²) in [4.78, 5) is 4.34. The van der Waals surface area contributed by atoms with E-state index in [4.69, 9.17) is 19.9 Å². The Bertz CT molecular complexity index is 343. The van der Waals surface area contributed by atoms with Crippen molar-refractivity contribution in [3.8, 4) is 5.75 Å². The number of hydrogen-bond donors (Lipinski definition) is 1. The molecule has 0 bridgehead atoms. The summed E-state index contributed by atoms with van der Waals surface area (Å²) in [7, 11) is 1.69. The van der Waals surface area contributed by atoms with Crippen LogP contribution in [0.2, 0.25) is 0 Å². The van der Waals surface area contributed by atoms with Gasteiger partial charge in [-0.05, 0) is 25.0 Å². The topological polar surface area (TPSA) is 66.6 Å². The van der Waals surface area contributed by atoms with Crippen molar-refractivity contribution in [2.75, 3.05) is 33.5 Å². The molecule has 1 unspecified atom stereocenters. The molecule has 0 aliphatic carbocycles. The highest BCUT2D eigenvalue weighted by Crippen LogP contribution is 2.10. The van der Waals surface area contributed by atoms with Crippen LogP contribution in [0, 0.1) is 0 Å². The van der Waals surface area contributed by atoms with E-state index in [1.807, 2.05) is 12.1 Å². The number of rotatable bonds is 11. The fraction of sp³-hybridized carbons (Fsp3) is 0.667. The minimum atomic E-state index is 0.176. The molecule has 0 spiro atoms. The molecule has 0 aliphatic heterocycles. The van der Waals surface area contributed by atoms with Crippen LogP contribution in [0.25, 0.3) is 0 Å². The SMILES string of the molecule is CCC(N)Cc1ccc(OCCOCCCOC)cn1. The molecule has 0 fully saturated rings. The number of ether oxygens (including phenoxy) is 3. The lowest BCUT2D eigenvalue weighted by atomic mass is 10.1. The number of pyridine rings is 1. The largest absolute Gasteiger partial charge is 0.490 e. The summed E-state index contributed by atoms with van der Waals surface area (Å²) in [5.41, 5.74) is 6.90. The first-order chi connectivity index (χ1) is 9.76. The lowest BCUT2D eigenvalue weighted by Gasteiger charge is -2.09. The maximum absolute atomic E-state index is 5.89. The second-order valence-electron chi connectivity index (χ2n) is 4.66. The second kappa shape index (κ2) is 10.6.